The van der Waals surface area contributed by atoms with Crippen LogP contribution in [0.15, 0.2) is 42.7 Å². The molecule has 160 valence electrons. The summed E-state index contributed by atoms with van der Waals surface area (Å²) in [7, 11) is 5.60. The molecule has 0 bridgehead atoms. The van der Waals surface area contributed by atoms with Crippen LogP contribution in [-0.2, 0) is 14.9 Å². The number of ether oxygens (including phenoxy) is 4. The summed E-state index contributed by atoms with van der Waals surface area (Å²) in [6, 6.07) is 10.8. The number of aromatic nitrogens is 1. The van der Waals surface area contributed by atoms with Gasteiger partial charge in [0.25, 0.3) is 0 Å². The molecule has 1 spiro atoms. The molecule has 30 heavy (non-hydrogen) atoms. The first-order valence-corrected chi connectivity index (χ1v) is 10.7. The maximum Gasteiger partial charge on any atom is 0.170 e. The average molecular weight is 411 g/mol. The number of pyridine rings is 1. The number of benzene rings is 1. The van der Waals surface area contributed by atoms with E-state index in [1.807, 2.05) is 18.3 Å². The Balaban J connectivity index is 1.42. The van der Waals surface area contributed by atoms with Gasteiger partial charge in [-0.15, -0.1) is 0 Å². The van der Waals surface area contributed by atoms with Crippen molar-refractivity contribution >= 4 is 0 Å². The molecular weight excluding hydrogens is 380 g/mol. The summed E-state index contributed by atoms with van der Waals surface area (Å²) in [4.78, 5) is 6.72. The molecule has 1 aromatic heterocycles. The molecule has 6 heteroatoms. The van der Waals surface area contributed by atoms with Gasteiger partial charge in [0.05, 0.1) is 20.8 Å². The molecule has 3 aliphatic rings. The highest BCUT2D eigenvalue weighted by Gasteiger charge is 2.57. The van der Waals surface area contributed by atoms with Gasteiger partial charge in [-0.2, -0.15) is 0 Å². The molecule has 4 atom stereocenters. The lowest BCUT2D eigenvalue weighted by molar-refractivity contribution is -0.204. The van der Waals surface area contributed by atoms with Crippen LogP contribution in [0.2, 0.25) is 0 Å². The number of methoxy groups -OCH3 is 2. The van der Waals surface area contributed by atoms with E-state index in [0.29, 0.717) is 12.6 Å². The van der Waals surface area contributed by atoms with Crippen molar-refractivity contribution in [3.63, 3.8) is 0 Å². The number of likely N-dealkylation sites (N-methyl/N-ethyl adjacent to an activating group) is 1. The summed E-state index contributed by atoms with van der Waals surface area (Å²) in [5, 5.41) is 0. The molecule has 1 aromatic carbocycles. The molecule has 2 saturated heterocycles. The van der Waals surface area contributed by atoms with Crippen molar-refractivity contribution in [2.75, 3.05) is 34.4 Å². The van der Waals surface area contributed by atoms with Crippen molar-refractivity contribution in [1.29, 1.82) is 0 Å². The quantitative estimate of drug-likeness (QED) is 0.766. The second-order valence-electron chi connectivity index (χ2n) is 8.79. The van der Waals surface area contributed by atoms with Gasteiger partial charge >= 0.3 is 0 Å². The molecular formula is C24H30N2O4. The van der Waals surface area contributed by atoms with Gasteiger partial charge in [0.1, 0.15) is 6.10 Å². The van der Waals surface area contributed by atoms with Crippen molar-refractivity contribution < 1.29 is 18.9 Å². The molecule has 6 nitrogen and oxygen atoms in total. The third kappa shape index (κ3) is 3.09. The second-order valence-corrected chi connectivity index (χ2v) is 8.79. The van der Waals surface area contributed by atoms with Gasteiger partial charge in [-0.1, -0.05) is 12.1 Å². The van der Waals surface area contributed by atoms with Gasteiger partial charge in [-0.25, -0.2) is 0 Å². The maximum absolute atomic E-state index is 6.56. The lowest BCUT2D eigenvalue weighted by Crippen LogP contribution is -2.52. The first-order chi connectivity index (χ1) is 14.6. The fourth-order valence-electron chi connectivity index (χ4n) is 5.72. The summed E-state index contributed by atoms with van der Waals surface area (Å²) in [6.45, 7) is 1.66. The first kappa shape index (κ1) is 19.8. The normalized spacial score (nSPS) is 33.6. The van der Waals surface area contributed by atoms with E-state index >= 15 is 0 Å². The minimum Gasteiger partial charge on any atom is -0.493 e. The van der Waals surface area contributed by atoms with Crippen molar-refractivity contribution in [3.8, 4) is 11.5 Å². The molecule has 0 amide bonds. The van der Waals surface area contributed by atoms with Crippen LogP contribution in [-0.4, -0.2) is 56.1 Å². The molecule has 2 aromatic rings. The minimum atomic E-state index is -0.510. The summed E-state index contributed by atoms with van der Waals surface area (Å²) < 4.78 is 24.0. The number of likely N-dealkylation sites (tertiary alicyclic amines) is 1. The van der Waals surface area contributed by atoms with Crippen LogP contribution in [0.25, 0.3) is 0 Å². The van der Waals surface area contributed by atoms with Gasteiger partial charge in [0, 0.05) is 42.3 Å². The Labute approximate surface area is 178 Å². The van der Waals surface area contributed by atoms with Crippen LogP contribution in [0.4, 0.5) is 0 Å². The van der Waals surface area contributed by atoms with E-state index in [2.05, 4.69) is 35.1 Å². The van der Waals surface area contributed by atoms with E-state index < -0.39 is 5.79 Å². The Bertz CT molecular complexity index is 907. The van der Waals surface area contributed by atoms with E-state index in [4.69, 9.17) is 18.9 Å². The lowest BCUT2D eigenvalue weighted by atomic mass is 9.64. The van der Waals surface area contributed by atoms with Gasteiger partial charge in [0.15, 0.2) is 17.3 Å². The zero-order chi connectivity index (χ0) is 20.8. The predicted molar refractivity (Wildman–Crippen MR) is 113 cm³/mol. The van der Waals surface area contributed by atoms with Crippen LogP contribution >= 0.6 is 0 Å². The fourth-order valence-corrected chi connectivity index (χ4v) is 5.72. The lowest BCUT2D eigenvalue weighted by Gasteiger charge is -2.48. The standard InChI is InChI=1S/C24H30N2O4/c1-26-12-10-23(18-6-7-19(27-2)20(13-18)28-3)8-9-24(14-22(23)26)29-16-21(30-24)17-5-4-11-25-15-17/h4-7,11,13,15,21-22H,8-10,12,14,16H2,1-3H3/t21?,22-,23-,24?/m0/s1. The number of hydrogen-bond donors (Lipinski definition) is 0. The summed E-state index contributed by atoms with van der Waals surface area (Å²) in [5.41, 5.74) is 2.50. The number of hydrogen-bond acceptors (Lipinski definition) is 6. The molecule has 5 rings (SSSR count). The van der Waals surface area contributed by atoms with Gasteiger partial charge in [0.2, 0.25) is 0 Å². The molecule has 0 radical (unpaired) electrons. The van der Waals surface area contributed by atoms with E-state index in [1.54, 1.807) is 20.4 Å². The van der Waals surface area contributed by atoms with Crippen molar-refractivity contribution in [2.24, 2.45) is 0 Å². The second kappa shape index (κ2) is 7.52. The Morgan fingerprint density at radius 2 is 1.97 bits per heavy atom. The molecule has 1 saturated carbocycles. The molecule has 2 unspecified atom stereocenters. The smallest absolute Gasteiger partial charge is 0.170 e. The van der Waals surface area contributed by atoms with Crippen LogP contribution in [0.3, 0.4) is 0 Å². The zero-order valence-corrected chi connectivity index (χ0v) is 18.0. The monoisotopic (exact) mass is 410 g/mol. The van der Waals surface area contributed by atoms with Crippen LogP contribution in [0, 0.1) is 0 Å². The number of rotatable bonds is 4. The topological polar surface area (TPSA) is 53.1 Å². The summed E-state index contributed by atoms with van der Waals surface area (Å²) >= 11 is 0. The highest BCUT2D eigenvalue weighted by atomic mass is 16.7. The number of nitrogens with zero attached hydrogens (tertiary/aromatic N) is 2. The fraction of sp³-hybridized carbons (Fsp3) is 0.542. The van der Waals surface area contributed by atoms with Crippen molar-refractivity contribution in [1.82, 2.24) is 9.88 Å². The highest BCUT2D eigenvalue weighted by Crippen LogP contribution is 2.55. The summed E-state index contributed by atoms with van der Waals surface area (Å²) in [6.07, 6.45) is 7.55. The van der Waals surface area contributed by atoms with Gasteiger partial charge in [-0.3, -0.25) is 4.98 Å². The molecule has 3 fully saturated rings. The SMILES string of the molecule is COc1ccc([C@]23CCN(C)[C@H]2CC2(CC3)OCC(c3cccnc3)O2)cc1OC. The Hall–Kier alpha value is -2.15. The zero-order valence-electron chi connectivity index (χ0n) is 18.0. The number of fused-ring (bicyclic) bond motifs is 1. The Kier molecular flexibility index (Phi) is 4.96. The van der Waals surface area contributed by atoms with Crippen LogP contribution in [0.5, 0.6) is 11.5 Å². The third-order valence-corrected chi connectivity index (χ3v) is 7.41. The molecule has 2 aliphatic heterocycles. The van der Waals surface area contributed by atoms with E-state index in [0.717, 1.165) is 49.3 Å². The first-order valence-electron chi connectivity index (χ1n) is 10.7. The van der Waals surface area contributed by atoms with Crippen LogP contribution in [0.1, 0.15) is 42.9 Å². The van der Waals surface area contributed by atoms with Gasteiger partial charge < -0.3 is 23.8 Å². The maximum atomic E-state index is 6.56. The predicted octanol–water partition coefficient (Wildman–Crippen LogP) is 3.71. The van der Waals surface area contributed by atoms with E-state index in [1.165, 1.54) is 5.56 Å². The summed E-state index contributed by atoms with van der Waals surface area (Å²) in [5.74, 6) is 1.06. The van der Waals surface area contributed by atoms with Crippen molar-refractivity contribution in [3.05, 3.63) is 53.9 Å². The van der Waals surface area contributed by atoms with Gasteiger partial charge in [-0.05, 0) is 50.2 Å². The Morgan fingerprint density at radius 3 is 2.73 bits per heavy atom. The Morgan fingerprint density at radius 1 is 1.10 bits per heavy atom. The van der Waals surface area contributed by atoms with E-state index in [9.17, 15) is 0 Å². The average Bonchev–Trinajstić information content (AvgIpc) is 3.36. The van der Waals surface area contributed by atoms with Crippen LogP contribution < -0.4 is 9.47 Å². The molecule has 1 aliphatic carbocycles. The third-order valence-electron chi connectivity index (χ3n) is 7.41. The molecule has 3 heterocycles. The van der Waals surface area contributed by atoms with E-state index in [-0.39, 0.29) is 11.5 Å². The molecule has 0 N–H and O–H groups in total. The van der Waals surface area contributed by atoms with Crippen molar-refractivity contribution in [2.45, 2.75) is 49.0 Å². The largest absolute Gasteiger partial charge is 0.493 e. The highest BCUT2D eigenvalue weighted by molar-refractivity contribution is 5.46. The minimum absolute atomic E-state index is 0.0426.